The predicted molar refractivity (Wildman–Crippen MR) is 83.8 cm³/mol. The Morgan fingerprint density at radius 3 is 2.73 bits per heavy atom. The Bertz CT molecular complexity index is 535. The number of hydrogen-bond donors (Lipinski definition) is 0. The number of aromatic nitrogens is 2. The molecule has 6 heteroatoms. The van der Waals surface area contributed by atoms with E-state index in [4.69, 9.17) is 4.74 Å². The second kappa shape index (κ2) is 6.60. The monoisotopic (exact) mass is 304 g/mol. The molecule has 0 aliphatic carbocycles. The fourth-order valence-corrected chi connectivity index (χ4v) is 3.13. The molecule has 1 aromatic rings. The van der Waals surface area contributed by atoms with Crippen molar-refractivity contribution < 1.29 is 9.53 Å². The maximum absolute atomic E-state index is 12.3. The van der Waals surface area contributed by atoms with Gasteiger partial charge in [0.05, 0.1) is 0 Å². The van der Waals surface area contributed by atoms with Crippen molar-refractivity contribution in [3.8, 4) is 0 Å². The molecular formula is C16H24N4O2. The number of amides is 1. The van der Waals surface area contributed by atoms with Gasteiger partial charge in [0.1, 0.15) is 12.1 Å². The molecule has 0 bridgehead atoms. The van der Waals surface area contributed by atoms with Crippen LogP contribution in [0.1, 0.15) is 24.1 Å². The second-order valence-corrected chi connectivity index (χ2v) is 6.21. The van der Waals surface area contributed by atoms with Crippen LogP contribution in [0.15, 0.2) is 6.33 Å². The molecule has 2 fully saturated rings. The molecule has 0 radical (unpaired) electrons. The summed E-state index contributed by atoms with van der Waals surface area (Å²) in [7, 11) is 0. The van der Waals surface area contributed by atoms with Gasteiger partial charge >= 0.3 is 0 Å². The zero-order chi connectivity index (χ0) is 15.5. The lowest BCUT2D eigenvalue weighted by Gasteiger charge is -2.36. The van der Waals surface area contributed by atoms with Crippen molar-refractivity contribution in [3.63, 3.8) is 0 Å². The molecule has 2 aliphatic heterocycles. The Kier molecular flexibility index (Phi) is 4.57. The molecule has 120 valence electrons. The van der Waals surface area contributed by atoms with Gasteiger partial charge < -0.3 is 14.5 Å². The van der Waals surface area contributed by atoms with E-state index >= 15 is 0 Å². The van der Waals surface area contributed by atoms with E-state index in [2.05, 4.69) is 21.8 Å². The number of rotatable bonds is 3. The van der Waals surface area contributed by atoms with Gasteiger partial charge in [-0.1, -0.05) is 0 Å². The summed E-state index contributed by atoms with van der Waals surface area (Å²) in [6.07, 6.45) is 3.27. The van der Waals surface area contributed by atoms with Crippen LogP contribution < -0.4 is 4.90 Å². The topological polar surface area (TPSA) is 58.6 Å². The molecule has 2 aliphatic rings. The van der Waals surface area contributed by atoms with Crippen molar-refractivity contribution >= 4 is 11.7 Å². The first-order valence-corrected chi connectivity index (χ1v) is 8.04. The quantitative estimate of drug-likeness (QED) is 0.839. The molecule has 1 atom stereocenters. The normalized spacial score (nSPS) is 22.2. The first-order chi connectivity index (χ1) is 10.6. The minimum atomic E-state index is 0.269. The highest BCUT2D eigenvalue weighted by Crippen LogP contribution is 2.21. The molecule has 0 unspecified atom stereocenters. The average Bonchev–Trinajstić information content (AvgIpc) is 3.03. The largest absolute Gasteiger partial charge is 0.381 e. The van der Waals surface area contributed by atoms with Gasteiger partial charge in [-0.3, -0.25) is 4.79 Å². The summed E-state index contributed by atoms with van der Waals surface area (Å²) in [5, 5.41) is 0. The summed E-state index contributed by atoms with van der Waals surface area (Å²) in [6, 6.07) is 0. The lowest BCUT2D eigenvalue weighted by molar-refractivity contribution is -0.132. The Labute approximate surface area is 131 Å². The van der Waals surface area contributed by atoms with E-state index in [0.717, 1.165) is 62.9 Å². The molecule has 0 saturated carbocycles. The number of ether oxygens (including phenoxy) is 1. The summed E-state index contributed by atoms with van der Waals surface area (Å²) in [5.41, 5.74) is 2.15. The van der Waals surface area contributed by atoms with Gasteiger partial charge in [-0.25, -0.2) is 9.97 Å². The summed E-state index contributed by atoms with van der Waals surface area (Å²) in [5.74, 6) is 1.69. The number of anilines is 1. The number of hydrogen-bond acceptors (Lipinski definition) is 5. The van der Waals surface area contributed by atoms with Crippen LogP contribution in [-0.2, 0) is 9.53 Å². The van der Waals surface area contributed by atoms with Crippen LogP contribution in [0.3, 0.4) is 0 Å². The van der Waals surface area contributed by atoms with Gasteiger partial charge in [-0.05, 0) is 26.2 Å². The fourth-order valence-electron chi connectivity index (χ4n) is 3.13. The first-order valence-electron chi connectivity index (χ1n) is 8.04. The van der Waals surface area contributed by atoms with Crippen LogP contribution >= 0.6 is 0 Å². The molecule has 1 amide bonds. The smallest absolute Gasteiger partial charge is 0.223 e. The number of nitrogens with zero attached hydrogens (tertiary/aromatic N) is 4. The molecule has 3 rings (SSSR count). The average molecular weight is 304 g/mol. The third-order valence-electron chi connectivity index (χ3n) is 4.73. The molecule has 22 heavy (non-hydrogen) atoms. The lowest BCUT2D eigenvalue weighted by Crippen LogP contribution is -2.49. The molecule has 1 aromatic heterocycles. The standard InChI is InChI=1S/C16H24N4O2/c1-12-13(2)17-11-18-16(12)20-6-4-19(5-7-20)15(21)9-14-3-8-22-10-14/h11,14H,3-10H2,1-2H3/t14-/m0/s1. The Balaban J connectivity index is 1.55. The molecular weight excluding hydrogens is 280 g/mol. The molecule has 3 heterocycles. The predicted octanol–water partition coefficient (Wildman–Crippen LogP) is 1.17. The van der Waals surface area contributed by atoms with Crippen molar-refractivity contribution in [2.24, 2.45) is 5.92 Å². The second-order valence-electron chi connectivity index (χ2n) is 6.21. The van der Waals surface area contributed by atoms with Crippen molar-refractivity contribution in [1.29, 1.82) is 0 Å². The highest BCUT2D eigenvalue weighted by atomic mass is 16.5. The van der Waals surface area contributed by atoms with Gasteiger partial charge in [0, 0.05) is 57.1 Å². The summed E-state index contributed by atoms with van der Waals surface area (Å²) < 4.78 is 5.35. The maximum Gasteiger partial charge on any atom is 0.223 e. The maximum atomic E-state index is 12.3. The van der Waals surface area contributed by atoms with Gasteiger partial charge in [-0.2, -0.15) is 0 Å². The zero-order valence-corrected chi connectivity index (χ0v) is 13.4. The number of carbonyl (C=O) groups is 1. The summed E-state index contributed by atoms with van der Waals surface area (Å²) in [4.78, 5) is 25.2. The summed E-state index contributed by atoms with van der Waals surface area (Å²) in [6.45, 7) is 8.83. The van der Waals surface area contributed by atoms with Crippen molar-refractivity contribution in [3.05, 3.63) is 17.6 Å². The molecule has 0 aromatic carbocycles. The van der Waals surface area contributed by atoms with Crippen molar-refractivity contribution in [2.75, 3.05) is 44.3 Å². The SMILES string of the molecule is Cc1ncnc(N2CCN(C(=O)C[C@@H]3CCOC3)CC2)c1C. The fraction of sp³-hybridized carbons (Fsp3) is 0.688. The van der Waals surface area contributed by atoms with Crippen LogP contribution in [0.5, 0.6) is 0 Å². The number of aryl methyl sites for hydroxylation is 1. The minimum Gasteiger partial charge on any atom is -0.381 e. The van der Waals surface area contributed by atoms with E-state index in [-0.39, 0.29) is 5.91 Å². The van der Waals surface area contributed by atoms with E-state index in [1.165, 1.54) is 0 Å². The van der Waals surface area contributed by atoms with Crippen LogP contribution in [-0.4, -0.2) is 60.2 Å². The van der Waals surface area contributed by atoms with Gasteiger partial charge in [0.15, 0.2) is 0 Å². The van der Waals surface area contributed by atoms with E-state index in [1.54, 1.807) is 6.33 Å². The van der Waals surface area contributed by atoms with Gasteiger partial charge in [0.2, 0.25) is 5.91 Å². The van der Waals surface area contributed by atoms with E-state index in [0.29, 0.717) is 12.3 Å². The van der Waals surface area contributed by atoms with E-state index < -0.39 is 0 Å². The number of carbonyl (C=O) groups excluding carboxylic acids is 1. The van der Waals surface area contributed by atoms with Crippen LogP contribution in [0.25, 0.3) is 0 Å². The Hall–Kier alpha value is -1.69. The Morgan fingerprint density at radius 1 is 1.27 bits per heavy atom. The van der Waals surface area contributed by atoms with Crippen molar-refractivity contribution in [1.82, 2.24) is 14.9 Å². The highest BCUT2D eigenvalue weighted by molar-refractivity contribution is 5.76. The molecule has 0 N–H and O–H groups in total. The van der Waals surface area contributed by atoms with Gasteiger partial charge in [-0.15, -0.1) is 0 Å². The number of piperazine rings is 1. The van der Waals surface area contributed by atoms with Gasteiger partial charge in [0.25, 0.3) is 0 Å². The Morgan fingerprint density at radius 2 is 2.05 bits per heavy atom. The lowest BCUT2D eigenvalue weighted by atomic mass is 10.0. The summed E-state index contributed by atoms with van der Waals surface area (Å²) >= 11 is 0. The van der Waals surface area contributed by atoms with Crippen LogP contribution in [0.2, 0.25) is 0 Å². The van der Waals surface area contributed by atoms with Crippen LogP contribution in [0, 0.1) is 19.8 Å². The van der Waals surface area contributed by atoms with E-state index in [9.17, 15) is 4.79 Å². The molecule has 0 spiro atoms. The van der Waals surface area contributed by atoms with E-state index in [1.807, 2.05) is 11.8 Å². The first kappa shape index (κ1) is 15.2. The third kappa shape index (κ3) is 3.21. The van der Waals surface area contributed by atoms with Crippen molar-refractivity contribution in [2.45, 2.75) is 26.7 Å². The minimum absolute atomic E-state index is 0.269. The highest BCUT2D eigenvalue weighted by Gasteiger charge is 2.26. The molecule has 2 saturated heterocycles. The molecule has 6 nitrogen and oxygen atoms in total. The zero-order valence-electron chi connectivity index (χ0n) is 13.4. The third-order valence-corrected chi connectivity index (χ3v) is 4.73. The van der Waals surface area contributed by atoms with Crippen LogP contribution in [0.4, 0.5) is 5.82 Å².